The number of benzene rings is 1. The molecule has 3 rings (SSSR count). The third-order valence-electron chi connectivity index (χ3n) is 3.25. The number of carbonyl (C=O) groups excluding carboxylic acids is 1. The van der Waals surface area contributed by atoms with Crippen molar-refractivity contribution in [2.24, 2.45) is 0 Å². The van der Waals surface area contributed by atoms with E-state index in [2.05, 4.69) is 10.4 Å². The molecular weight excluding hydrogens is 314 g/mol. The number of hydrogen-bond acceptors (Lipinski definition) is 5. The van der Waals surface area contributed by atoms with Crippen LogP contribution in [-0.4, -0.2) is 15.7 Å². The molecule has 6 nitrogen and oxygen atoms in total. The number of nitrogens with one attached hydrogen (secondary N) is 1. The van der Waals surface area contributed by atoms with Crippen LogP contribution in [0.3, 0.4) is 0 Å². The zero-order valence-electron chi connectivity index (χ0n) is 12.5. The zero-order chi connectivity index (χ0) is 16.2. The molecule has 23 heavy (non-hydrogen) atoms. The highest BCUT2D eigenvalue weighted by atomic mass is 32.1. The summed E-state index contributed by atoms with van der Waals surface area (Å²) in [5.41, 5.74) is 1.82. The summed E-state index contributed by atoms with van der Waals surface area (Å²) in [6, 6.07) is 11.2. The average Bonchev–Trinajstić information content (AvgIpc) is 3.18. The van der Waals surface area contributed by atoms with Crippen LogP contribution in [0.4, 0.5) is 5.69 Å². The second kappa shape index (κ2) is 6.62. The fraction of sp³-hybridized carbons (Fsp3) is 0.188. The number of amides is 1. The lowest BCUT2D eigenvalue weighted by Crippen LogP contribution is -2.25. The Morgan fingerprint density at radius 1 is 1.35 bits per heavy atom. The van der Waals surface area contributed by atoms with Gasteiger partial charge in [0, 0.05) is 5.69 Å². The smallest absolute Gasteiger partial charge is 0.387 e. The van der Waals surface area contributed by atoms with Crippen LogP contribution in [0.1, 0.15) is 12.5 Å². The number of aromatic nitrogens is 2. The van der Waals surface area contributed by atoms with E-state index in [-0.39, 0.29) is 18.3 Å². The molecule has 0 atom stereocenters. The van der Waals surface area contributed by atoms with Gasteiger partial charge in [-0.05, 0) is 35.6 Å². The third-order valence-corrected chi connectivity index (χ3v) is 4.11. The first-order valence-corrected chi connectivity index (χ1v) is 8.04. The van der Waals surface area contributed by atoms with Crippen molar-refractivity contribution >= 4 is 22.9 Å². The maximum absolute atomic E-state index is 12.1. The summed E-state index contributed by atoms with van der Waals surface area (Å²) in [5, 5.41) is 8.68. The lowest BCUT2D eigenvalue weighted by atomic mass is 10.1. The molecule has 0 fully saturated rings. The third kappa shape index (κ3) is 3.57. The van der Waals surface area contributed by atoms with Crippen LogP contribution in [0, 0.1) is 0 Å². The minimum absolute atomic E-state index is 0.190. The quantitative estimate of drug-likeness (QED) is 0.781. The van der Waals surface area contributed by atoms with Crippen LogP contribution in [0.5, 0.6) is 0 Å². The topological polar surface area (TPSA) is 77.1 Å². The van der Waals surface area contributed by atoms with Crippen molar-refractivity contribution in [2.75, 3.05) is 5.32 Å². The average molecular weight is 329 g/mol. The van der Waals surface area contributed by atoms with Gasteiger partial charge in [-0.3, -0.25) is 4.79 Å². The Morgan fingerprint density at radius 2 is 2.22 bits per heavy atom. The molecule has 0 saturated carbocycles. The van der Waals surface area contributed by atoms with Gasteiger partial charge in [-0.15, -0.1) is 16.4 Å². The van der Waals surface area contributed by atoms with E-state index in [4.69, 9.17) is 4.42 Å². The van der Waals surface area contributed by atoms with Crippen molar-refractivity contribution in [3.05, 3.63) is 57.9 Å². The Hall–Kier alpha value is -2.67. The first-order valence-electron chi connectivity index (χ1n) is 7.16. The van der Waals surface area contributed by atoms with Gasteiger partial charge >= 0.3 is 5.76 Å². The second-order valence-electron chi connectivity index (χ2n) is 4.91. The molecule has 0 saturated heterocycles. The van der Waals surface area contributed by atoms with E-state index in [9.17, 15) is 9.59 Å². The summed E-state index contributed by atoms with van der Waals surface area (Å²) >= 11 is 1.41. The molecule has 0 radical (unpaired) electrons. The second-order valence-corrected chi connectivity index (χ2v) is 5.86. The summed E-state index contributed by atoms with van der Waals surface area (Å²) in [4.78, 5) is 24.6. The van der Waals surface area contributed by atoms with Gasteiger partial charge in [0.1, 0.15) is 6.54 Å². The molecule has 2 aromatic heterocycles. The number of anilines is 1. The van der Waals surface area contributed by atoms with Crippen molar-refractivity contribution in [2.45, 2.75) is 19.9 Å². The van der Waals surface area contributed by atoms with E-state index in [0.717, 1.165) is 21.5 Å². The lowest BCUT2D eigenvalue weighted by molar-refractivity contribution is -0.117. The van der Waals surface area contributed by atoms with Crippen LogP contribution in [-0.2, 0) is 17.8 Å². The van der Waals surface area contributed by atoms with Gasteiger partial charge in [-0.2, -0.15) is 4.68 Å². The number of hydrogen-bond donors (Lipinski definition) is 1. The van der Waals surface area contributed by atoms with Crippen molar-refractivity contribution < 1.29 is 9.21 Å². The Bertz CT molecular complexity index is 865. The van der Waals surface area contributed by atoms with Crippen LogP contribution in [0.2, 0.25) is 0 Å². The monoisotopic (exact) mass is 329 g/mol. The van der Waals surface area contributed by atoms with E-state index < -0.39 is 5.76 Å². The summed E-state index contributed by atoms with van der Waals surface area (Å²) in [5.74, 6) is -0.747. The molecule has 2 heterocycles. The summed E-state index contributed by atoms with van der Waals surface area (Å²) < 4.78 is 6.10. The summed E-state index contributed by atoms with van der Waals surface area (Å²) in [7, 11) is 0. The highest BCUT2D eigenvalue weighted by Gasteiger charge is 2.14. The first kappa shape index (κ1) is 15.2. The molecule has 1 aromatic carbocycles. The predicted octanol–water partition coefficient (Wildman–Crippen LogP) is 2.77. The maximum Gasteiger partial charge on any atom is 0.437 e. The number of rotatable bonds is 5. The van der Waals surface area contributed by atoms with Gasteiger partial charge < -0.3 is 9.73 Å². The van der Waals surface area contributed by atoms with Crippen LogP contribution in [0.25, 0.3) is 10.8 Å². The molecule has 3 aromatic rings. The SMILES string of the molecule is CCc1cccc(NC(=O)Cn2nc(-c3cccs3)oc2=O)c1. The molecule has 0 unspecified atom stereocenters. The van der Waals surface area contributed by atoms with E-state index in [1.165, 1.54) is 11.3 Å². The van der Waals surface area contributed by atoms with Crippen molar-refractivity contribution in [1.29, 1.82) is 0 Å². The van der Waals surface area contributed by atoms with E-state index in [0.29, 0.717) is 5.69 Å². The number of nitrogens with zero attached hydrogens (tertiary/aromatic N) is 2. The minimum Gasteiger partial charge on any atom is -0.387 e. The molecule has 0 bridgehead atoms. The normalized spacial score (nSPS) is 10.7. The standard InChI is InChI=1S/C16H15N3O3S/c1-2-11-5-3-6-12(9-11)17-14(20)10-19-16(21)22-15(18-19)13-7-4-8-23-13/h3-9H,2,10H2,1H3,(H,17,20). The number of thiophene rings is 1. The van der Waals surface area contributed by atoms with Crippen molar-refractivity contribution in [3.8, 4) is 10.8 Å². The van der Waals surface area contributed by atoms with Crippen LogP contribution >= 0.6 is 11.3 Å². The largest absolute Gasteiger partial charge is 0.437 e. The van der Waals surface area contributed by atoms with Crippen molar-refractivity contribution in [1.82, 2.24) is 9.78 Å². The van der Waals surface area contributed by atoms with Gasteiger partial charge in [0.2, 0.25) is 5.91 Å². The molecule has 1 N–H and O–H groups in total. The lowest BCUT2D eigenvalue weighted by Gasteiger charge is -2.05. The van der Waals surface area contributed by atoms with Crippen LogP contribution in [0.15, 0.2) is 51.0 Å². The van der Waals surface area contributed by atoms with Gasteiger partial charge in [0.25, 0.3) is 5.89 Å². The molecule has 7 heteroatoms. The molecular formula is C16H15N3O3S. The number of carbonyl (C=O) groups is 1. The molecule has 0 aliphatic carbocycles. The molecule has 0 spiro atoms. The highest BCUT2D eigenvalue weighted by Crippen LogP contribution is 2.21. The van der Waals surface area contributed by atoms with Gasteiger partial charge in [-0.1, -0.05) is 25.1 Å². The Balaban J connectivity index is 1.72. The summed E-state index contributed by atoms with van der Waals surface area (Å²) in [6.45, 7) is 1.85. The van der Waals surface area contributed by atoms with E-state index in [1.54, 1.807) is 12.1 Å². The van der Waals surface area contributed by atoms with Gasteiger partial charge in [0.05, 0.1) is 4.88 Å². The van der Waals surface area contributed by atoms with Crippen molar-refractivity contribution in [3.63, 3.8) is 0 Å². The first-order chi connectivity index (χ1) is 11.2. The number of aryl methyl sites for hydroxylation is 1. The zero-order valence-corrected chi connectivity index (χ0v) is 13.3. The fourth-order valence-electron chi connectivity index (χ4n) is 2.11. The van der Waals surface area contributed by atoms with E-state index >= 15 is 0 Å². The van der Waals surface area contributed by atoms with Crippen LogP contribution < -0.4 is 11.1 Å². The molecule has 1 amide bonds. The Kier molecular flexibility index (Phi) is 4.38. The summed E-state index contributed by atoms with van der Waals surface area (Å²) in [6.07, 6.45) is 0.886. The predicted molar refractivity (Wildman–Crippen MR) is 88.5 cm³/mol. The van der Waals surface area contributed by atoms with Gasteiger partial charge in [0.15, 0.2) is 0 Å². The maximum atomic E-state index is 12.1. The van der Waals surface area contributed by atoms with E-state index in [1.807, 2.05) is 36.6 Å². The van der Waals surface area contributed by atoms with Gasteiger partial charge in [-0.25, -0.2) is 4.79 Å². The fourth-order valence-corrected chi connectivity index (χ4v) is 2.76. The molecule has 118 valence electrons. The minimum atomic E-state index is -0.647. The highest BCUT2D eigenvalue weighted by molar-refractivity contribution is 7.13. The Labute approximate surface area is 136 Å². The Morgan fingerprint density at radius 3 is 2.96 bits per heavy atom. The molecule has 0 aliphatic heterocycles. The molecule has 0 aliphatic rings.